The van der Waals surface area contributed by atoms with Gasteiger partial charge >= 0.3 is 0 Å². The second kappa shape index (κ2) is 10.0. The largest absolute Gasteiger partial charge is 0.381 e. The Morgan fingerprint density at radius 2 is 2.07 bits per heavy atom. The van der Waals surface area contributed by atoms with Gasteiger partial charge in [-0.3, -0.25) is 4.68 Å². The molecule has 2 heterocycles. The molecule has 1 N–H and O–H groups in total. The molecule has 0 aromatic carbocycles. The topological polar surface area (TPSA) is 63.8 Å². The molecule has 0 saturated carbocycles. The molecule has 0 radical (unpaired) electrons. The Hall–Kier alpha value is -2.47. The van der Waals surface area contributed by atoms with Crippen LogP contribution in [0.1, 0.15) is 53.0 Å². The van der Waals surface area contributed by atoms with E-state index in [4.69, 9.17) is 4.74 Å². The highest BCUT2D eigenvalue weighted by Crippen LogP contribution is 2.22. The van der Waals surface area contributed by atoms with E-state index in [1.807, 2.05) is 17.8 Å². The number of ether oxygens (including phenoxy) is 1. The smallest absolute Gasteiger partial charge is 0.227 e. The summed E-state index contributed by atoms with van der Waals surface area (Å²) in [5.41, 5.74) is 5.09. The highest BCUT2D eigenvalue weighted by molar-refractivity contribution is 5.97. The van der Waals surface area contributed by atoms with Gasteiger partial charge in [0.1, 0.15) is 0 Å². The fraction of sp³-hybridized carbons (Fsp3) is 0.476. The number of aromatic nitrogens is 2. The van der Waals surface area contributed by atoms with Crippen LogP contribution in [0.3, 0.4) is 0 Å². The first kappa shape index (κ1) is 20.8. The van der Waals surface area contributed by atoms with Gasteiger partial charge in [-0.2, -0.15) is 5.10 Å². The lowest BCUT2D eigenvalue weighted by atomic mass is 10.1. The first-order valence-corrected chi connectivity index (χ1v) is 9.42. The van der Waals surface area contributed by atoms with Gasteiger partial charge in [0, 0.05) is 19.4 Å². The fourth-order valence-electron chi connectivity index (χ4n) is 2.81. The van der Waals surface area contributed by atoms with E-state index >= 15 is 0 Å². The van der Waals surface area contributed by atoms with E-state index in [0.717, 1.165) is 43.7 Å². The van der Waals surface area contributed by atoms with Gasteiger partial charge in [0.15, 0.2) is 0 Å². The zero-order valence-corrected chi connectivity index (χ0v) is 17.0. The van der Waals surface area contributed by atoms with E-state index in [9.17, 15) is 0 Å². The van der Waals surface area contributed by atoms with Crippen molar-refractivity contribution in [3.8, 4) is 0 Å². The first-order valence-electron chi connectivity index (χ1n) is 9.42. The molecule has 146 valence electrons. The Kier molecular flexibility index (Phi) is 7.73. The minimum atomic E-state index is 0.378. The molecule has 0 unspecified atom stereocenters. The van der Waals surface area contributed by atoms with Crippen LogP contribution < -0.4 is 5.32 Å². The van der Waals surface area contributed by atoms with E-state index in [-0.39, 0.29) is 0 Å². The minimum Gasteiger partial charge on any atom is -0.381 e. The Balaban J connectivity index is 2.07. The predicted molar refractivity (Wildman–Crippen MR) is 113 cm³/mol. The molecule has 0 bridgehead atoms. The molecule has 1 aliphatic heterocycles. The maximum absolute atomic E-state index is 5.41. The third-order valence-corrected chi connectivity index (χ3v) is 4.90. The third-order valence-electron chi connectivity index (χ3n) is 4.90. The van der Waals surface area contributed by atoms with Crippen molar-refractivity contribution < 1.29 is 4.74 Å². The normalized spacial score (nSPS) is 17.5. The lowest BCUT2D eigenvalue weighted by Gasteiger charge is -2.22. The highest BCUT2D eigenvalue weighted by atomic mass is 16.5. The quantitative estimate of drug-likeness (QED) is 0.440. The van der Waals surface area contributed by atoms with Crippen LogP contribution in [0.4, 0.5) is 5.69 Å². The van der Waals surface area contributed by atoms with Crippen molar-refractivity contribution in [2.45, 2.75) is 53.0 Å². The Morgan fingerprint density at radius 3 is 2.70 bits per heavy atom. The van der Waals surface area contributed by atoms with Crippen LogP contribution in [0.2, 0.25) is 0 Å². The molecule has 0 atom stereocenters. The summed E-state index contributed by atoms with van der Waals surface area (Å²) in [7, 11) is 0. The van der Waals surface area contributed by atoms with Gasteiger partial charge in [0.25, 0.3) is 0 Å². The maximum Gasteiger partial charge on any atom is 0.227 e. The zero-order valence-electron chi connectivity index (χ0n) is 17.0. The van der Waals surface area contributed by atoms with Gasteiger partial charge in [-0.05, 0) is 52.3 Å². The van der Waals surface area contributed by atoms with Crippen LogP contribution in [0.25, 0.3) is 0 Å². The molecule has 27 heavy (non-hydrogen) atoms. The maximum atomic E-state index is 5.41. The number of hydrogen-bond acceptors (Lipinski definition) is 3. The van der Waals surface area contributed by atoms with E-state index in [2.05, 4.69) is 60.5 Å². The minimum absolute atomic E-state index is 0.378. The molecule has 6 nitrogen and oxygen atoms in total. The molecule has 2 rings (SSSR count). The van der Waals surface area contributed by atoms with E-state index in [1.165, 1.54) is 11.1 Å². The summed E-state index contributed by atoms with van der Waals surface area (Å²) in [6.07, 6.45) is 8.84. The number of hydrogen-bond donors (Lipinski definition) is 1. The Labute approximate surface area is 162 Å². The Bertz CT molecular complexity index is 763. The second-order valence-electron chi connectivity index (χ2n) is 6.86. The molecule has 0 aliphatic carbocycles. The van der Waals surface area contributed by atoms with Crippen molar-refractivity contribution in [1.82, 2.24) is 9.78 Å². The molecule has 1 aromatic heterocycles. The third kappa shape index (κ3) is 6.03. The van der Waals surface area contributed by atoms with Crippen molar-refractivity contribution in [3.63, 3.8) is 0 Å². The average Bonchev–Trinajstić information content (AvgIpc) is 3.15. The lowest BCUT2D eigenvalue weighted by molar-refractivity contribution is 0.0662. The number of rotatable bonds is 6. The average molecular weight is 370 g/mol. The molecule has 6 heteroatoms. The SMILES string of the molecule is C=NC(=NC(=C)/C(C)=C/C(C)=C(C)CC)Nc1cnn(C2CCOCC2)c1. The molecular weight excluding hydrogens is 338 g/mol. The number of nitrogens with zero attached hydrogens (tertiary/aromatic N) is 4. The van der Waals surface area contributed by atoms with Crippen LogP contribution in [-0.4, -0.2) is 35.7 Å². The molecule has 1 fully saturated rings. The van der Waals surface area contributed by atoms with Gasteiger partial charge in [-0.1, -0.05) is 30.7 Å². The van der Waals surface area contributed by atoms with Crippen molar-refractivity contribution in [3.05, 3.63) is 47.5 Å². The summed E-state index contributed by atoms with van der Waals surface area (Å²) in [5.74, 6) is 0.410. The lowest BCUT2D eigenvalue weighted by Crippen LogP contribution is -2.19. The van der Waals surface area contributed by atoms with Crippen molar-refractivity contribution in [1.29, 1.82) is 0 Å². The molecule has 0 spiro atoms. The Morgan fingerprint density at radius 1 is 1.37 bits per heavy atom. The van der Waals surface area contributed by atoms with Crippen LogP contribution in [0.5, 0.6) is 0 Å². The van der Waals surface area contributed by atoms with E-state index in [0.29, 0.717) is 17.7 Å². The molecule has 1 aliphatic rings. The van der Waals surface area contributed by atoms with Crippen LogP contribution >= 0.6 is 0 Å². The monoisotopic (exact) mass is 369 g/mol. The van der Waals surface area contributed by atoms with Gasteiger partial charge < -0.3 is 10.1 Å². The molecule has 0 amide bonds. The van der Waals surface area contributed by atoms with E-state index in [1.54, 1.807) is 6.20 Å². The summed E-state index contributed by atoms with van der Waals surface area (Å²) in [6.45, 7) is 17.6. The predicted octanol–water partition coefficient (Wildman–Crippen LogP) is 4.91. The fourth-order valence-corrected chi connectivity index (χ4v) is 2.81. The van der Waals surface area contributed by atoms with Gasteiger partial charge in [0.05, 0.1) is 23.6 Å². The standard InChI is InChI=1S/C21H31N5O/c1-7-15(2)16(3)12-17(4)18(5)24-21(22-6)25-19-13-23-26(14-19)20-8-10-27-11-9-20/h12-14,20H,5-11H2,1-4H3,(H,24,25)/b16-15?,17-12+. The summed E-state index contributed by atoms with van der Waals surface area (Å²) in [4.78, 5) is 8.47. The number of aliphatic imine (C=N–C) groups is 2. The highest BCUT2D eigenvalue weighted by Gasteiger charge is 2.16. The van der Waals surface area contributed by atoms with Gasteiger partial charge in [0.2, 0.25) is 5.96 Å². The summed E-state index contributed by atoms with van der Waals surface area (Å²) < 4.78 is 7.39. The molecule has 1 aromatic rings. The van der Waals surface area contributed by atoms with Crippen LogP contribution in [-0.2, 0) is 4.74 Å². The summed E-state index contributed by atoms with van der Waals surface area (Å²) in [6, 6.07) is 0.378. The van der Waals surface area contributed by atoms with Crippen LogP contribution in [0.15, 0.2) is 57.4 Å². The zero-order chi connectivity index (χ0) is 19.8. The molecule has 1 saturated heterocycles. The van der Waals surface area contributed by atoms with Crippen molar-refractivity contribution in [2.24, 2.45) is 9.98 Å². The second-order valence-corrected chi connectivity index (χ2v) is 6.86. The summed E-state index contributed by atoms with van der Waals surface area (Å²) >= 11 is 0. The van der Waals surface area contributed by atoms with Crippen molar-refractivity contribution in [2.75, 3.05) is 18.5 Å². The van der Waals surface area contributed by atoms with E-state index < -0.39 is 0 Å². The van der Waals surface area contributed by atoms with Gasteiger partial charge in [-0.25, -0.2) is 9.98 Å². The summed E-state index contributed by atoms with van der Waals surface area (Å²) in [5, 5.41) is 7.62. The number of nitrogens with one attached hydrogen (secondary N) is 1. The van der Waals surface area contributed by atoms with Crippen LogP contribution in [0, 0.1) is 0 Å². The van der Waals surface area contributed by atoms with Gasteiger partial charge in [-0.15, -0.1) is 0 Å². The van der Waals surface area contributed by atoms with Crippen molar-refractivity contribution >= 4 is 18.4 Å². The number of anilines is 1. The molecular formula is C21H31N5O. The number of guanidine groups is 1. The number of allylic oxidation sites excluding steroid dienone is 4. The first-order chi connectivity index (χ1) is 12.9.